The molecule has 0 unspecified atom stereocenters. The van der Waals surface area contributed by atoms with E-state index >= 15 is 0 Å². The second-order valence-corrected chi connectivity index (χ2v) is 2.44. The molecule has 0 spiro atoms. The summed E-state index contributed by atoms with van der Waals surface area (Å²) in [6, 6.07) is 0. The van der Waals surface area contributed by atoms with Gasteiger partial charge in [0.25, 0.3) is 6.20 Å². The van der Waals surface area contributed by atoms with Gasteiger partial charge in [-0.25, -0.2) is 0 Å². The third-order valence-corrected chi connectivity index (χ3v) is 1.61. The predicted molar refractivity (Wildman–Crippen MR) is 41.7 cm³/mol. The van der Waals surface area contributed by atoms with Crippen molar-refractivity contribution < 1.29 is 9.66 Å². The van der Waals surface area contributed by atoms with Gasteiger partial charge in [-0.05, 0) is 0 Å². The molecule has 0 bridgehead atoms. The molecule has 0 aromatic carbocycles. The molecule has 1 saturated heterocycles. The topological polar surface area (TPSA) is 81.6 Å². The lowest BCUT2D eigenvalue weighted by molar-refractivity contribution is -0.404. The SMILES string of the molecule is NC(=C[N+](=O)[O-])N1CCOCC1. The van der Waals surface area contributed by atoms with E-state index in [0.717, 1.165) is 6.20 Å². The largest absolute Gasteiger partial charge is 0.380 e. The molecule has 0 atom stereocenters. The number of ether oxygens (including phenoxy) is 1. The van der Waals surface area contributed by atoms with Crippen molar-refractivity contribution in [3.8, 4) is 0 Å². The minimum absolute atomic E-state index is 0.198. The molecule has 0 aromatic rings. The minimum atomic E-state index is -0.551. The van der Waals surface area contributed by atoms with E-state index in [1.165, 1.54) is 0 Å². The van der Waals surface area contributed by atoms with Gasteiger partial charge in [-0.3, -0.25) is 10.1 Å². The van der Waals surface area contributed by atoms with Crippen molar-refractivity contribution in [1.29, 1.82) is 0 Å². The van der Waals surface area contributed by atoms with Gasteiger partial charge >= 0.3 is 0 Å². The third-order valence-electron chi connectivity index (χ3n) is 1.61. The standard InChI is InChI=1S/C6H11N3O3/c7-6(5-9(10)11)8-1-3-12-4-2-8/h5H,1-4,7H2. The van der Waals surface area contributed by atoms with Crippen LogP contribution in [0.1, 0.15) is 0 Å². The highest BCUT2D eigenvalue weighted by molar-refractivity contribution is 4.91. The predicted octanol–water partition coefficient (Wildman–Crippen LogP) is -0.647. The van der Waals surface area contributed by atoms with Gasteiger partial charge < -0.3 is 15.4 Å². The zero-order chi connectivity index (χ0) is 8.97. The molecule has 1 fully saturated rings. The lowest BCUT2D eigenvalue weighted by Gasteiger charge is -2.27. The average molecular weight is 173 g/mol. The molecule has 0 amide bonds. The molecule has 1 aliphatic rings. The molecule has 0 radical (unpaired) electrons. The molecule has 2 N–H and O–H groups in total. The normalized spacial score (nSPS) is 19.3. The fraction of sp³-hybridized carbons (Fsp3) is 0.667. The van der Waals surface area contributed by atoms with Crippen LogP contribution in [0.2, 0.25) is 0 Å². The number of hydrogen-bond acceptors (Lipinski definition) is 5. The summed E-state index contributed by atoms with van der Waals surface area (Å²) in [5.74, 6) is 0.198. The van der Waals surface area contributed by atoms with Crippen molar-refractivity contribution in [3.63, 3.8) is 0 Å². The summed E-state index contributed by atoms with van der Waals surface area (Å²) in [6.45, 7) is 2.39. The molecule has 1 heterocycles. The number of nitro groups is 1. The van der Waals surface area contributed by atoms with Gasteiger partial charge in [0.15, 0.2) is 5.82 Å². The number of nitrogens with zero attached hydrogens (tertiary/aromatic N) is 2. The Labute approximate surface area is 69.7 Å². The van der Waals surface area contributed by atoms with Crippen LogP contribution in [0.5, 0.6) is 0 Å². The lowest BCUT2D eigenvalue weighted by atomic mass is 10.4. The van der Waals surface area contributed by atoms with E-state index in [2.05, 4.69) is 0 Å². The van der Waals surface area contributed by atoms with Crippen LogP contribution in [0.15, 0.2) is 12.0 Å². The number of morpholine rings is 1. The minimum Gasteiger partial charge on any atom is -0.380 e. The van der Waals surface area contributed by atoms with Gasteiger partial charge in [0.2, 0.25) is 0 Å². The molecule has 12 heavy (non-hydrogen) atoms. The summed E-state index contributed by atoms with van der Waals surface area (Å²) in [7, 11) is 0. The van der Waals surface area contributed by atoms with Crippen molar-refractivity contribution in [2.75, 3.05) is 26.3 Å². The van der Waals surface area contributed by atoms with Crippen molar-refractivity contribution in [2.45, 2.75) is 0 Å². The van der Waals surface area contributed by atoms with Crippen LogP contribution >= 0.6 is 0 Å². The van der Waals surface area contributed by atoms with Gasteiger partial charge in [0.05, 0.1) is 18.1 Å². The Morgan fingerprint density at radius 2 is 2.17 bits per heavy atom. The Balaban J connectivity index is 2.49. The van der Waals surface area contributed by atoms with Gasteiger partial charge in [0.1, 0.15) is 0 Å². The van der Waals surface area contributed by atoms with Crippen molar-refractivity contribution >= 4 is 0 Å². The monoisotopic (exact) mass is 173 g/mol. The molecular weight excluding hydrogens is 162 g/mol. The summed E-state index contributed by atoms with van der Waals surface area (Å²) >= 11 is 0. The fourth-order valence-corrected chi connectivity index (χ4v) is 1.01. The first-order chi connectivity index (χ1) is 5.70. The summed E-state index contributed by atoms with van der Waals surface area (Å²) in [4.78, 5) is 11.2. The van der Waals surface area contributed by atoms with Crippen LogP contribution in [0.3, 0.4) is 0 Å². The maximum Gasteiger partial charge on any atom is 0.274 e. The first-order valence-corrected chi connectivity index (χ1v) is 3.63. The van der Waals surface area contributed by atoms with Crippen LogP contribution in [0.25, 0.3) is 0 Å². The van der Waals surface area contributed by atoms with E-state index in [9.17, 15) is 10.1 Å². The van der Waals surface area contributed by atoms with Gasteiger partial charge in [-0.1, -0.05) is 0 Å². The van der Waals surface area contributed by atoms with Gasteiger partial charge in [-0.15, -0.1) is 0 Å². The Kier molecular flexibility index (Phi) is 2.87. The van der Waals surface area contributed by atoms with E-state index in [-0.39, 0.29) is 5.82 Å². The quantitative estimate of drug-likeness (QED) is 0.443. The fourth-order valence-electron chi connectivity index (χ4n) is 1.01. The maximum atomic E-state index is 10.0. The Hall–Kier alpha value is -1.30. The molecule has 1 aliphatic heterocycles. The molecule has 0 aromatic heterocycles. The zero-order valence-electron chi connectivity index (χ0n) is 6.60. The molecule has 0 aliphatic carbocycles. The molecule has 0 saturated carbocycles. The third kappa shape index (κ3) is 2.39. The molecule has 68 valence electrons. The van der Waals surface area contributed by atoms with E-state index in [4.69, 9.17) is 10.5 Å². The zero-order valence-corrected chi connectivity index (χ0v) is 6.60. The second-order valence-electron chi connectivity index (χ2n) is 2.44. The van der Waals surface area contributed by atoms with E-state index in [1.807, 2.05) is 0 Å². The molecule has 1 rings (SSSR count). The van der Waals surface area contributed by atoms with Crippen LogP contribution < -0.4 is 5.73 Å². The van der Waals surface area contributed by atoms with E-state index in [1.54, 1.807) is 4.90 Å². The highest BCUT2D eigenvalue weighted by Crippen LogP contribution is 2.01. The van der Waals surface area contributed by atoms with Crippen LogP contribution in [-0.4, -0.2) is 36.1 Å². The van der Waals surface area contributed by atoms with Crippen LogP contribution in [0.4, 0.5) is 0 Å². The lowest BCUT2D eigenvalue weighted by Crippen LogP contribution is -2.38. The highest BCUT2D eigenvalue weighted by Gasteiger charge is 2.12. The summed E-state index contributed by atoms with van der Waals surface area (Å²) in [5, 5.41) is 10.0. The van der Waals surface area contributed by atoms with Gasteiger partial charge in [0, 0.05) is 13.1 Å². The van der Waals surface area contributed by atoms with Crippen molar-refractivity contribution in [2.24, 2.45) is 5.73 Å². The first-order valence-electron chi connectivity index (χ1n) is 3.63. The Morgan fingerprint density at radius 3 is 2.67 bits per heavy atom. The molecular formula is C6H11N3O3. The van der Waals surface area contributed by atoms with Gasteiger partial charge in [-0.2, -0.15) is 0 Å². The summed E-state index contributed by atoms with van der Waals surface area (Å²) in [5.41, 5.74) is 5.44. The van der Waals surface area contributed by atoms with Crippen LogP contribution in [0, 0.1) is 10.1 Å². The molecule has 6 nitrogen and oxygen atoms in total. The van der Waals surface area contributed by atoms with E-state index in [0.29, 0.717) is 26.3 Å². The Morgan fingerprint density at radius 1 is 1.58 bits per heavy atom. The molecule has 6 heteroatoms. The smallest absolute Gasteiger partial charge is 0.274 e. The highest BCUT2D eigenvalue weighted by atomic mass is 16.6. The van der Waals surface area contributed by atoms with Crippen molar-refractivity contribution in [1.82, 2.24) is 4.90 Å². The van der Waals surface area contributed by atoms with E-state index < -0.39 is 4.92 Å². The second kappa shape index (κ2) is 3.91. The average Bonchev–Trinajstić information content (AvgIpc) is 2.05. The Bertz CT molecular complexity index is 198. The summed E-state index contributed by atoms with van der Waals surface area (Å²) in [6.07, 6.45) is 0.811. The number of hydrogen-bond donors (Lipinski definition) is 1. The van der Waals surface area contributed by atoms with Crippen molar-refractivity contribution in [3.05, 3.63) is 22.1 Å². The number of rotatable bonds is 2. The van der Waals surface area contributed by atoms with Crippen LogP contribution in [-0.2, 0) is 4.74 Å². The maximum absolute atomic E-state index is 10.0. The first kappa shape index (κ1) is 8.79. The summed E-state index contributed by atoms with van der Waals surface area (Å²) < 4.78 is 5.06. The number of nitrogens with two attached hydrogens (primary N) is 1.